The lowest BCUT2D eigenvalue weighted by atomic mass is 10.2. The third-order valence-electron chi connectivity index (χ3n) is 3.98. The van der Waals surface area contributed by atoms with E-state index < -0.39 is 6.03 Å². The lowest BCUT2D eigenvalue weighted by Gasteiger charge is -2.11. The normalized spacial score (nSPS) is 10.6. The number of halogens is 2. The molecule has 0 spiro atoms. The summed E-state index contributed by atoms with van der Waals surface area (Å²) in [4.78, 5) is 11.8. The number of nitrogens with one attached hydrogen (secondary N) is 2. The second-order valence-electron chi connectivity index (χ2n) is 6.14. The fourth-order valence-corrected chi connectivity index (χ4v) is 2.84. The molecule has 3 aromatic rings. The Labute approximate surface area is 184 Å². The molecule has 0 heterocycles. The van der Waals surface area contributed by atoms with Crippen molar-refractivity contribution in [3.63, 3.8) is 0 Å². The van der Waals surface area contributed by atoms with Crippen LogP contribution in [0.15, 0.2) is 71.8 Å². The van der Waals surface area contributed by atoms with Crippen LogP contribution in [0.5, 0.6) is 11.5 Å². The molecular formula is C22H19Cl2N3O3. The Kier molecular flexibility index (Phi) is 7.54. The summed E-state index contributed by atoms with van der Waals surface area (Å²) >= 11 is 12.0. The second-order valence-corrected chi connectivity index (χ2v) is 6.95. The highest BCUT2D eigenvalue weighted by molar-refractivity contribution is 6.42. The van der Waals surface area contributed by atoms with Gasteiger partial charge in [0.25, 0.3) is 0 Å². The molecule has 154 valence electrons. The molecule has 0 fully saturated rings. The first-order chi connectivity index (χ1) is 14.5. The Bertz CT molecular complexity index is 1040. The largest absolute Gasteiger partial charge is 0.493 e. The number of carbonyl (C=O) groups excluding carboxylic acids is 1. The SMILES string of the molecule is COc1cc(/C=N/NC(=O)Nc2ccccc2)ccc1OCc1ccc(Cl)c(Cl)c1. The predicted octanol–water partition coefficient (Wildman–Crippen LogP) is 5.74. The van der Waals surface area contributed by atoms with Crippen LogP contribution in [0.25, 0.3) is 0 Å². The fourth-order valence-electron chi connectivity index (χ4n) is 2.52. The van der Waals surface area contributed by atoms with Crippen molar-refractivity contribution in [1.29, 1.82) is 0 Å². The summed E-state index contributed by atoms with van der Waals surface area (Å²) in [5.74, 6) is 1.10. The number of anilines is 1. The molecule has 0 unspecified atom stereocenters. The van der Waals surface area contributed by atoms with Gasteiger partial charge in [0.05, 0.1) is 23.4 Å². The minimum atomic E-state index is -0.439. The van der Waals surface area contributed by atoms with E-state index in [4.69, 9.17) is 32.7 Å². The van der Waals surface area contributed by atoms with Crippen molar-refractivity contribution in [3.8, 4) is 11.5 Å². The Balaban J connectivity index is 1.58. The number of urea groups is 1. The van der Waals surface area contributed by atoms with E-state index in [1.807, 2.05) is 24.3 Å². The van der Waals surface area contributed by atoms with Gasteiger partial charge in [-0.3, -0.25) is 0 Å². The summed E-state index contributed by atoms with van der Waals surface area (Å²) in [5.41, 5.74) is 4.70. The number of benzene rings is 3. The number of hydrogen-bond acceptors (Lipinski definition) is 4. The van der Waals surface area contributed by atoms with Gasteiger partial charge < -0.3 is 14.8 Å². The van der Waals surface area contributed by atoms with E-state index in [0.29, 0.717) is 33.8 Å². The van der Waals surface area contributed by atoms with Crippen LogP contribution in [0.3, 0.4) is 0 Å². The molecule has 0 atom stereocenters. The molecule has 6 nitrogen and oxygen atoms in total. The molecule has 0 saturated heterocycles. The van der Waals surface area contributed by atoms with E-state index in [-0.39, 0.29) is 0 Å². The number of para-hydroxylation sites is 1. The molecule has 2 amide bonds. The number of ether oxygens (including phenoxy) is 2. The lowest BCUT2D eigenvalue weighted by Crippen LogP contribution is -2.24. The first-order valence-electron chi connectivity index (χ1n) is 8.95. The van der Waals surface area contributed by atoms with Gasteiger partial charge in [0.2, 0.25) is 0 Å². The summed E-state index contributed by atoms with van der Waals surface area (Å²) < 4.78 is 11.2. The van der Waals surface area contributed by atoms with Gasteiger partial charge >= 0.3 is 6.03 Å². The quantitative estimate of drug-likeness (QED) is 0.361. The van der Waals surface area contributed by atoms with Crippen LogP contribution in [0.1, 0.15) is 11.1 Å². The third kappa shape index (κ3) is 6.14. The molecular weight excluding hydrogens is 425 g/mol. The zero-order valence-corrected chi connectivity index (χ0v) is 17.6. The maximum Gasteiger partial charge on any atom is 0.339 e. The summed E-state index contributed by atoms with van der Waals surface area (Å²) in [6, 6.07) is 19.3. The van der Waals surface area contributed by atoms with E-state index in [1.54, 1.807) is 49.6 Å². The van der Waals surface area contributed by atoms with E-state index in [9.17, 15) is 4.79 Å². The number of hydrazone groups is 1. The maximum atomic E-state index is 11.8. The van der Waals surface area contributed by atoms with Gasteiger partial charge in [-0.2, -0.15) is 5.10 Å². The van der Waals surface area contributed by atoms with Crippen LogP contribution in [-0.4, -0.2) is 19.4 Å². The Morgan fingerprint density at radius 3 is 2.53 bits per heavy atom. The maximum absolute atomic E-state index is 11.8. The smallest absolute Gasteiger partial charge is 0.339 e. The van der Waals surface area contributed by atoms with Crippen molar-refractivity contribution in [3.05, 3.63) is 87.9 Å². The first kappa shape index (κ1) is 21.5. The third-order valence-corrected chi connectivity index (χ3v) is 4.72. The fraction of sp³-hybridized carbons (Fsp3) is 0.0909. The Hall–Kier alpha value is -3.22. The lowest BCUT2D eigenvalue weighted by molar-refractivity contribution is 0.252. The van der Waals surface area contributed by atoms with Crippen molar-refractivity contribution in [2.24, 2.45) is 5.10 Å². The number of amides is 2. The van der Waals surface area contributed by atoms with Gasteiger partial charge in [-0.1, -0.05) is 47.5 Å². The van der Waals surface area contributed by atoms with Crippen LogP contribution in [0, 0.1) is 0 Å². The van der Waals surface area contributed by atoms with Crippen molar-refractivity contribution in [2.45, 2.75) is 6.61 Å². The summed E-state index contributed by atoms with van der Waals surface area (Å²) in [7, 11) is 1.55. The summed E-state index contributed by atoms with van der Waals surface area (Å²) in [5, 5.41) is 7.58. The zero-order valence-electron chi connectivity index (χ0n) is 16.1. The average Bonchev–Trinajstić information content (AvgIpc) is 2.75. The van der Waals surface area contributed by atoms with E-state index >= 15 is 0 Å². The highest BCUT2D eigenvalue weighted by Crippen LogP contribution is 2.29. The Morgan fingerprint density at radius 1 is 1.00 bits per heavy atom. The second kappa shape index (κ2) is 10.5. The van der Waals surface area contributed by atoms with Gasteiger partial charge in [0, 0.05) is 5.69 Å². The standard InChI is InChI=1S/C22H19Cl2N3O3/c1-29-21-12-15(13-25-27-22(28)26-17-5-3-2-4-6-17)8-10-20(21)30-14-16-7-9-18(23)19(24)11-16/h2-13H,14H2,1H3,(H2,26,27,28)/b25-13+. The number of nitrogens with zero attached hydrogens (tertiary/aromatic N) is 1. The van der Waals surface area contributed by atoms with Crippen molar-refractivity contribution < 1.29 is 14.3 Å². The molecule has 3 aromatic carbocycles. The average molecular weight is 444 g/mol. The van der Waals surface area contributed by atoms with Gasteiger partial charge in [0.15, 0.2) is 11.5 Å². The van der Waals surface area contributed by atoms with Gasteiger partial charge in [-0.05, 0) is 53.6 Å². The molecule has 30 heavy (non-hydrogen) atoms. The molecule has 8 heteroatoms. The number of hydrogen-bond donors (Lipinski definition) is 2. The minimum Gasteiger partial charge on any atom is -0.493 e. The molecule has 0 saturated carbocycles. The van der Waals surface area contributed by atoms with Gasteiger partial charge in [-0.25, -0.2) is 10.2 Å². The van der Waals surface area contributed by atoms with Gasteiger partial charge in [-0.15, -0.1) is 0 Å². The Morgan fingerprint density at radius 2 is 1.80 bits per heavy atom. The van der Waals surface area contributed by atoms with Crippen molar-refractivity contribution >= 4 is 41.1 Å². The molecule has 0 aliphatic heterocycles. The minimum absolute atomic E-state index is 0.307. The summed E-state index contributed by atoms with van der Waals surface area (Å²) in [6.07, 6.45) is 1.51. The van der Waals surface area contributed by atoms with Crippen LogP contribution in [0.4, 0.5) is 10.5 Å². The first-order valence-corrected chi connectivity index (χ1v) is 9.70. The van der Waals surface area contributed by atoms with Crippen LogP contribution < -0.4 is 20.2 Å². The topological polar surface area (TPSA) is 72.0 Å². The number of rotatable bonds is 7. The molecule has 0 aromatic heterocycles. The molecule has 3 rings (SSSR count). The van der Waals surface area contributed by atoms with Crippen molar-refractivity contribution in [1.82, 2.24) is 5.43 Å². The highest BCUT2D eigenvalue weighted by atomic mass is 35.5. The monoisotopic (exact) mass is 443 g/mol. The zero-order chi connectivity index (χ0) is 21.3. The number of carbonyl (C=O) groups is 1. The van der Waals surface area contributed by atoms with E-state index in [2.05, 4.69) is 15.8 Å². The van der Waals surface area contributed by atoms with Crippen LogP contribution >= 0.6 is 23.2 Å². The number of methoxy groups -OCH3 is 1. The predicted molar refractivity (Wildman–Crippen MR) is 120 cm³/mol. The van der Waals surface area contributed by atoms with Gasteiger partial charge in [0.1, 0.15) is 6.61 Å². The molecule has 2 N–H and O–H groups in total. The highest BCUT2D eigenvalue weighted by Gasteiger charge is 2.07. The molecule has 0 aliphatic carbocycles. The summed E-state index contributed by atoms with van der Waals surface area (Å²) in [6.45, 7) is 0.307. The molecule has 0 aliphatic rings. The van der Waals surface area contributed by atoms with Crippen LogP contribution in [0.2, 0.25) is 10.0 Å². The van der Waals surface area contributed by atoms with E-state index in [0.717, 1.165) is 11.1 Å². The van der Waals surface area contributed by atoms with Crippen molar-refractivity contribution in [2.75, 3.05) is 12.4 Å². The molecule has 0 radical (unpaired) electrons. The van der Waals surface area contributed by atoms with E-state index in [1.165, 1.54) is 6.21 Å². The van der Waals surface area contributed by atoms with Crippen LogP contribution in [-0.2, 0) is 6.61 Å². The molecule has 0 bridgehead atoms.